The molecule has 5 nitrogen and oxygen atoms in total. The number of aliphatic hydroxyl groups is 1. The number of carbonyl (C=O) groups excluding carboxylic acids is 1. The molecule has 1 fully saturated rings. The Morgan fingerprint density at radius 2 is 2.19 bits per heavy atom. The number of β-amino-alcohol motifs (C(OH)–C–C–N with tert-alkyl or cyclic N) is 1. The number of hydrogen-bond donors (Lipinski definition) is 1. The number of carbonyl (C=O) groups is 1. The molecule has 1 amide bonds. The van der Waals surface area contributed by atoms with E-state index in [1.54, 1.807) is 27.9 Å². The summed E-state index contributed by atoms with van der Waals surface area (Å²) in [4.78, 5) is 14.1. The van der Waals surface area contributed by atoms with Crippen molar-refractivity contribution in [1.29, 1.82) is 0 Å². The van der Waals surface area contributed by atoms with Crippen molar-refractivity contribution in [1.82, 2.24) is 14.5 Å². The lowest BCUT2D eigenvalue weighted by atomic mass is 10.1. The van der Waals surface area contributed by atoms with Crippen molar-refractivity contribution in [3.8, 4) is 0 Å². The minimum atomic E-state index is -0.414. The van der Waals surface area contributed by atoms with Crippen LogP contribution in [0, 0.1) is 6.92 Å². The molecule has 6 heteroatoms. The van der Waals surface area contributed by atoms with Crippen molar-refractivity contribution in [2.75, 3.05) is 13.1 Å². The van der Waals surface area contributed by atoms with E-state index in [1.165, 1.54) is 0 Å². The lowest BCUT2D eigenvalue weighted by Gasteiger charge is -2.14. The second-order valence-electron chi connectivity index (χ2n) is 4.83. The summed E-state index contributed by atoms with van der Waals surface area (Å²) in [5.41, 5.74) is 2.17. The van der Waals surface area contributed by atoms with E-state index in [9.17, 15) is 9.90 Å². The molecule has 1 aliphatic heterocycles. The molecule has 2 aromatic rings. The van der Waals surface area contributed by atoms with Crippen LogP contribution in [-0.4, -0.2) is 44.7 Å². The highest BCUT2D eigenvalue weighted by atomic mass is 35.5. The van der Waals surface area contributed by atoms with Gasteiger partial charge >= 0.3 is 0 Å². The Labute approximate surface area is 129 Å². The van der Waals surface area contributed by atoms with Crippen LogP contribution in [0.25, 0.3) is 5.52 Å². The third kappa shape index (κ3) is 2.89. The highest BCUT2D eigenvalue weighted by molar-refractivity contribution is 6.34. The first-order valence-corrected chi connectivity index (χ1v) is 7.55. The maximum absolute atomic E-state index is 12.4. The molecular weight excluding hydrogens is 290 g/mol. The number of likely N-dealkylation sites (tertiary alicyclic amines) is 1. The van der Waals surface area contributed by atoms with Crippen LogP contribution in [0.2, 0.25) is 5.02 Å². The summed E-state index contributed by atoms with van der Waals surface area (Å²) < 4.78 is 1.62. The third-order valence-corrected chi connectivity index (χ3v) is 3.86. The summed E-state index contributed by atoms with van der Waals surface area (Å²) in [7, 11) is 0. The van der Waals surface area contributed by atoms with Gasteiger partial charge < -0.3 is 10.0 Å². The zero-order valence-electron chi connectivity index (χ0n) is 12.5. The molecular formula is C15H20ClN3O2. The summed E-state index contributed by atoms with van der Waals surface area (Å²) >= 11 is 6.14. The highest BCUT2D eigenvalue weighted by Crippen LogP contribution is 2.25. The molecule has 3 heterocycles. The van der Waals surface area contributed by atoms with E-state index in [1.807, 2.05) is 20.8 Å². The van der Waals surface area contributed by atoms with Crippen LogP contribution in [0.1, 0.15) is 36.2 Å². The molecule has 1 N–H and O–H groups in total. The van der Waals surface area contributed by atoms with Crippen molar-refractivity contribution in [3.63, 3.8) is 0 Å². The maximum Gasteiger partial charge on any atom is 0.255 e. The number of fused-ring (bicyclic) bond motifs is 1. The largest absolute Gasteiger partial charge is 0.391 e. The smallest absolute Gasteiger partial charge is 0.255 e. The van der Waals surface area contributed by atoms with Gasteiger partial charge in [0.2, 0.25) is 0 Å². The monoisotopic (exact) mass is 309 g/mol. The Bertz CT molecular complexity index is 654. The summed E-state index contributed by atoms with van der Waals surface area (Å²) in [5.74, 6) is -0.0735. The van der Waals surface area contributed by atoms with Crippen molar-refractivity contribution in [2.45, 2.75) is 33.3 Å². The van der Waals surface area contributed by atoms with Crippen molar-refractivity contribution in [2.24, 2.45) is 0 Å². The Kier molecular flexibility index (Phi) is 4.85. The van der Waals surface area contributed by atoms with Crippen LogP contribution >= 0.6 is 11.6 Å². The topological polar surface area (TPSA) is 57.8 Å². The summed E-state index contributed by atoms with van der Waals surface area (Å²) in [6, 6.07) is 1.71. The zero-order valence-corrected chi connectivity index (χ0v) is 13.3. The van der Waals surface area contributed by atoms with Gasteiger partial charge in [0.1, 0.15) is 0 Å². The average Bonchev–Trinajstić information content (AvgIpc) is 3.06. The van der Waals surface area contributed by atoms with E-state index < -0.39 is 6.10 Å². The van der Waals surface area contributed by atoms with Gasteiger partial charge in [0, 0.05) is 25.5 Å². The molecule has 0 aromatic carbocycles. The van der Waals surface area contributed by atoms with Gasteiger partial charge in [0.15, 0.2) is 0 Å². The fraction of sp³-hybridized carbons (Fsp3) is 0.467. The first-order valence-electron chi connectivity index (χ1n) is 7.17. The van der Waals surface area contributed by atoms with Gasteiger partial charge in [-0.15, -0.1) is 0 Å². The number of rotatable bonds is 1. The molecule has 0 spiro atoms. The van der Waals surface area contributed by atoms with E-state index in [-0.39, 0.29) is 5.91 Å². The normalized spacial score (nSPS) is 17.8. The standard InChI is InChI=1S/C13H14ClN3O2.C2H6/c1-8-10(13(19)16-5-3-9(18)6-16)7-17-12(8)11(14)2-4-15-17;1-2/h2,4,7,9,18H,3,5-6H2,1H3;1-2H3. The van der Waals surface area contributed by atoms with Crippen LogP contribution in [0.15, 0.2) is 18.5 Å². The number of hydrogen-bond acceptors (Lipinski definition) is 3. The number of aromatic nitrogens is 2. The van der Waals surface area contributed by atoms with E-state index in [0.29, 0.717) is 30.1 Å². The second kappa shape index (κ2) is 6.45. The Morgan fingerprint density at radius 3 is 2.76 bits per heavy atom. The Balaban J connectivity index is 0.000000774. The lowest BCUT2D eigenvalue weighted by Crippen LogP contribution is -2.29. The van der Waals surface area contributed by atoms with Gasteiger partial charge in [-0.05, 0) is 25.0 Å². The van der Waals surface area contributed by atoms with Gasteiger partial charge in [-0.25, -0.2) is 4.52 Å². The van der Waals surface area contributed by atoms with Crippen molar-refractivity contribution in [3.05, 3.63) is 34.6 Å². The SMILES string of the molecule is CC.Cc1c(C(=O)N2CCC(O)C2)cn2nccc(Cl)c12. The molecule has 0 saturated carbocycles. The summed E-state index contributed by atoms with van der Waals surface area (Å²) in [6.07, 6.45) is 3.52. The van der Waals surface area contributed by atoms with Crippen molar-refractivity contribution < 1.29 is 9.90 Å². The van der Waals surface area contributed by atoms with E-state index >= 15 is 0 Å². The molecule has 0 bridgehead atoms. The molecule has 1 unspecified atom stereocenters. The fourth-order valence-electron chi connectivity index (χ4n) is 2.52. The van der Waals surface area contributed by atoms with Gasteiger partial charge in [0.05, 0.1) is 22.2 Å². The zero-order chi connectivity index (χ0) is 15.6. The summed E-state index contributed by atoms with van der Waals surface area (Å²) in [6.45, 7) is 6.85. The van der Waals surface area contributed by atoms with Crippen LogP contribution in [0.5, 0.6) is 0 Å². The quantitative estimate of drug-likeness (QED) is 0.880. The van der Waals surface area contributed by atoms with Crippen molar-refractivity contribution >= 4 is 23.0 Å². The predicted octanol–water partition coefficient (Wildman–Crippen LogP) is 2.53. The minimum Gasteiger partial charge on any atom is -0.391 e. The van der Waals surface area contributed by atoms with Gasteiger partial charge in [0.25, 0.3) is 5.91 Å². The highest BCUT2D eigenvalue weighted by Gasteiger charge is 2.27. The van der Waals surface area contributed by atoms with Crippen LogP contribution < -0.4 is 0 Å². The Morgan fingerprint density at radius 1 is 1.48 bits per heavy atom. The predicted molar refractivity (Wildman–Crippen MR) is 82.8 cm³/mol. The van der Waals surface area contributed by atoms with Crippen LogP contribution in [-0.2, 0) is 0 Å². The maximum atomic E-state index is 12.4. The number of aliphatic hydroxyl groups excluding tert-OH is 1. The number of amides is 1. The molecule has 1 atom stereocenters. The molecule has 1 aliphatic rings. The van der Waals surface area contributed by atoms with Crippen LogP contribution in [0.4, 0.5) is 0 Å². The first-order chi connectivity index (χ1) is 10.1. The van der Waals surface area contributed by atoms with Gasteiger partial charge in [-0.1, -0.05) is 25.4 Å². The van der Waals surface area contributed by atoms with Crippen LogP contribution in [0.3, 0.4) is 0 Å². The lowest BCUT2D eigenvalue weighted by molar-refractivity contribution is 0.0764. The minimum absolute atomic E-state index is 0.0735. The third-order valence-electron chi connectivity index (χ3n) is 3.56. The number of aryl methyl sites for hydroxylation is 1. The molecule has 3 rings (SSSR count). The fourth-order valence-corrected chi connectivity index (χ4v) is 2.81. The molecule has 114 valence electrons. The molecule has 21 heavy (non-hydrogen) atoms. The molecule has 1 saturated heterocycles. The van der Waals surface area contributed by atoms with Gasteiger partial charge in [-0.3, -0.25) is 4.79 Å². The van der Waals surface area contributed by atoms with E-state index in [4.69, 9.17) is 11.6 Å². The number of halogens is 1. The van der Waals surface area contributed by atoms with E-state index in [0.717, 1.165) is 11.1 Å². The average molecular weight is 310 g/mol. The Hall–Kier alpha value is -1.59. The first kappa shape index (κ1) is 15.8. The number of nitrogens with zero attached hydrogens (tertiary/aromatic N) is 3. The molecule has 0 radical (unpaired) electrons. The molecule has 2 aromatic heterocycles. The molecule has 0 aliphatic carbocycles. The van der Waals surface area contributed by atoms with Gasteiger partial charge in [-0.2, -0.15) is 5.10 Å². The second-order valence-corrected chi connectivity index (χ2v) is 5.24. The van der Waals surface area contributed by atoms with E-state index in [2.05, 4.69) is 5.10 Å². The summed E-state index contributed by atoms with van der Waals surface area (Å²) in [5, 5.41) is 14.3.